The maximum atomic E-state index is 13.2. The van der Waals surface area contributed by atoms with Crippen LogP contribution in [0.3, 0.4) is 0 Å². The second-order valence-electron chi connectivity index (χ2n) is 7.68. The predicted octanol–water partition coefficient (Wildman–Crippen LogP) is 4.15. The molecule has 3 rings (SSSR count). The molecule has 1 aliphatic heterocycles. The zero-order chi connectivity index (χ0) is 19.9. The fraction of sp³-hybridized carbons (Fsp3) is 0.435. The molecule has 2 heterocycles. The minimum atomic E-state index is -0.100. The molecule has 2 aromatic rings. The fourth-order valence-corrected chi connectivity index (χ4v) is 3.57. The summed E-state index contributed by atoms with van der Waals surface area (Å²) in [5.41, 5.74) is 2.04. The third kappa shape index (κ3) is 4.97. The largest absolute Gasteiger partial charge is 0.339 e. The summed E-state index contributed by atoms with van der Waals surface area (Å²) in [6.07, 6.45) is 7.54. The van der Waals surface area contributed by atoms with Crippen LogP contribution in [-0.2, 0) is 6.54 Å². The van der Waals surface area contributed by atoms with Gasteiger partial charge in [-0.15, -0.1) is 0 Å². The van der Waals surface area contributed by atoms with Crippen molar-refractivity contribution < 1.29 is 9.59 Å². The van der Waals surface area contributed by atoms with Crippen LogP contribution in [0.15, 0.2) is 48.8 Å². The van der Waals surface area contributed by atoms with Crippen molar-refractivity contribution in [2.24, 2.45) is 0 Å². The number of rotatable bonds is 5. The van der Waals surface area contributed by atoms with Crippen LogP contribution in [0.1, 0.15) is 65.8 Å². The van der Waals surface area contributed by atoms with E-state index in [2.05, 4.69) is 4.98 Å². The molecular formula is C23H29N3O2. The highest BCUT2D eigenvalue weighted by Crippen LogP contribution is 2.17. The summed E-state index contributed by atoms with van der Waals surface area (Å²) in [5, 5.41) is 0. The highest BCUT2D eigenvalue weighted by Gasteiger charge is 2.22. The molecule has 0 saturated carbocycles. The molecule has 1 aromatic carbocycles. The van der Waals surface area contributed by atoms with E-state index in [1.807, 2.05) is 54.0 Å². The van der Waals surface area contributed by atoms with Gasteiger partial charge in [0.2, 0.25) is 0 Å². The van der Waals surface area contributed by atoms with E-state index >= 15 is 0 Å². The standard InChI is InChI=1S/C23H29N3O2/c1-18(2)26(17-19-10-6-5-7-11-19)23(28)21-14-20(15-24-16-21)22(27)25-12-8-3-4-9-13-25/h5-7,10-11,14-16,18H,3-4,8-9,12-13,17H2,1-2H3. The predicted molar refractivity (Wildman–Crippen MR) is 110 cm³/mol. The maximum absolute atomic E-state index is 13.2. The molecule has 1 aliphatic rings. The zero-order valence-corrected chi connectivity index (χ0v) is 16.8. The average Bonchev–Trinajstić information content (AvgIpc) is 3.01. The third-order valence-electron chi connectivity index (χ3n) is 5.21. The lowest BCUT2D eigenvalue weighted by molar-refractivity contribution is 0.0690. The van der Waals surface area contributed by atoms with Crippen molar-refractivity contribution in [2.45, 2.75) is 52.1 Å². The van der Waals surface area contributed by atoms with Crippen LogP contribution < -0.4 is 0 Å². The van der Waals surface area contributed by atoms with Gasteiger partial charge in [0.15, 0.2) is 0 Å². The van der Waals surface area contributed by atoms with Crippen molar-refractivity contribution in [2.75, 3.05) is 13.1 Å². The van der Waals surface area contributed by atoms with E-state index in [4.69, 9.17) is 0 Å². The summed E-state index contributed by atoms with van der Waals surface area (Å²) in [5.74, 6) is -0.125. The molecule has 0 unspecified atom stereocenters. The van der Waals surface area contributed by atoms with Gasteiger partial charge >= 0.3 is 0 Å². The Labute approximate surface area is 167 Å². The van der Waals surface area contributed by atoms with Crippen LogP contribution in [0.5, 0.6) is 0 Å². The normalized spacial score (nSPS) is 14.6. The lowest BCUT2D eigenvalue weighted by Crippen LogP contribution is -2.37. The van der Waals surface area contributed by atoms with E-state index in [9.17, 15) is 9.59 Å². The number of pyridine rings is 1. The summed E-state index contributed by atoms with van der Waals surface area (Å²) in [6, 6.07) is 11.7. The molecule has 5 nitrogen and oxygen atoms in total. The highest BCUT2D eigenvalue weighted by atomic mass is 16.2. The summed E-state index contributed by atoms with van der Waals surface area (Å²) < 4.78 is 0. The Bertz CT molecular complexity index is 797. The lowest BCUT2D eigenvalue weighted by Gasteiger charge is -2.27. The van der Waals surface area contributed by atoms with E-state index in [-0.39, 0.29) is 17.9 Å². The number of nitrogens with zero attached hydrogens (tertiary/aromatic N) is 3. The molecule has 0 aliphatic carbocycles. The number of carbonyl (C=O) groups excluding carboxylic acids is 2. The third-order valence-corrected chi connectivity index (χ3v) is 5.21. The first kappa shape index (κ1) is 20.1. The van der Waals surface area contributed by atoms with Crippen molar-refractivity contribution >= 4 is 11.8 Å². The van der Waals surface area contributed by atoms with Crippen LogP contribution in [-0.4, -0.2) is 45.7 Å². The summed E-state index contributed by atoms with van der Waals surface area (Å²) in [6.45, 7) is 6.09. The van der Waals surface area contributed by atoms with Gasteiger partial charge in [0.25, 0.3) is 11.8 Å². The van der Waals surface area contributed by atoms with E-state index in [0.717, 1.165) is 31.5 Å². The van der Waals surface area contributed by atoms with Crippen molar-refractivity contribution in [3.8, 4) is 0 Å². The summed E-state index contributed by atoms with van der Waals surface area (Å²) in [4.78, 5) is 33.9. The zero-order valence-electron chi connectivity index (χ0n) is 16.8. The number of hydrogen-bond acceptors (Lipinski definition) is 3. The topological polar surface area (TPSA) is 53.5 Å². The van der Waals surface area contributed by atoms with Gasteiger partial charge in [-0.1, -0.05) is 43.2 Å². The van der Waals surface area contributed by atoms with Gasteiger partial charge in [-0.25, -0.2) is 0 Å². The second-order valence-corrected chi connectivity index (χ2v) is 7.68. The Morgan fingerprint density at radius 2 is 1.64 bits per heavy atom. The highest BCUT2D eigenvalue weighted by molar-refractivity contribution is 5.99. The van der Waals surface area contributed by atoms with Crippen LogP contribution in [0.2, 0.25) is 0 Å². The number of likely N-dealkylation sites (tertiary alicyclic amines) is 1. The smallest absolute Gasteiger partial charge is 0.255 e. The van der Waals surface area contributed by atoms with E-state index in [1.54, 1.807) is 18.5 Å². The van der Waals surface area contributed by atoms with Gasteiger partial charge in [0, 0.05) is 38.1 Å². The average molecular weight is 380 g/mol. The first-order chi connectivity index (χ1) is 13.6. The SMILES string of the molecule is CC(C)N(Cc1ccccc1)C(=O)c1cncc(C(=O)N2CCCCCC2)c1. The van der Waals surface area contributed by atoms with Crippen LogP contribution in [0, 0.1) is 0 Å². The van der Waals surface area contributed by atoms with Gasteiger partial charge in [-0.3, -0.25) is 14.6 Å². The molecule has 0 bridgehead atoms. The number of amides is 2. The number of aromatic nitrogens is 1. The monoisotopic (exact) mass is 379 g/mol. The molecule has 28 heavy (non-hydrogen) atoms. The van der Waals surface area contributed by atoms with Crippen molar-refractivity contribution in [1.29, 1.82) is 0 Å². The Morgan fingerprint density at radius 3 is 2.29 bits per heavy atom. The van der Waals surface area contributed by atoms with Crippen LogP contribution in [0.25, 0.3) is 0 Å². The number of hydrogen-bond donors (Lipinski definition) is 0. The second kappa shape index (κ2) is 9.49. The molecule has 0 spiro atoms. The molecule has 2 amide bonds. The minimum Gasteiger partial charge on any atom is -0.339 e. The first-order valence-electron chi connectivity index (χ1n) is 10.2. The number of benzene rings is 1. The lowest BCUT2D eigenvalue weighted by atomic mass is 10.1. The van der Waals surface area contributed by atoms with Crippen LogP contribution in [0.4, 0.5) is 0 Å². The van der Waals surface area contributed by atoms with Crippen molar-refractivity contribution in [3.63, 3.8) is 0 Å². The Hall–Kier alpha value is -2.69. The molecule has 5 heteroatoms. The molecule has 1 fully saturated rings. The molecule has 148 valence electrons. The number of carbonyl (C=O) groups is 2. The van der Waals surface area contributed by atoms with Crippen molar-refractivity contribution in [3.05, 3.63) is 65.5 Å². The van der Waals surface area contributed by atoms with Gasteiger partial charge in [-0.05, 0) is 38.3 Å². The van der Waals surface area contributed by atoms with Crippen LogP contribution >= 0.6 is 0 Å². The van der Waals surface area contributed by atoms with E-state index in [0.29, 0.717) is 17.7 Å². The first-order valence-corrected chi connectivity index (χ1v) is 10.2. The van der Waals surface area contributed by atoms with Gasteiger partial charge in [0.1, 0.15) is 0 Å². The van der Waals surface area contributed by atoms with E-state index in [1.165, 1.54) is 12.8 Å². The molecule has 1 saturated heterocycles. The molecule has 0 atom stereocenters. The minimum absolute atomic E-state index is 0.0248. The van der Waals surface area contributed by atoms with Gasteiger partial charge in [0.05, 0.1) is 11.1 Å². The molecule has 1 aromatic heterocycles. The molecule has 0 radical (unpaired) electrons. The van der Waals surface area contributed by atoms with Gasteiger partial charge < -0.3 is 9.80 Å². The quantitative estimate of drug-likeness (QED) is 0.784. The maximum Gasteiger partial charge on any atom is 0.255 e. The Balaban J connectivity index is 1.79. The fourth-order valence-electron chi connectivity index (χ4n) is 3.57. The Kier molecular flexibility index (Phi) is 6.80. The van der Waals surface area contributed by atoms with Gasteiger partial charge in [-0.2, -0.15) is 0 Å². The van der Waals surface area contributed by atoms with E-state index < -0.39 is 0 Å². The Morgan fingerprint density at radius 1 is 1.00 bits per heavy atom. The molecule has 0 N–H and O–H groups in total. The molecular weight excluding hydrogens is 350 g/mol. The summed E-state index contributed by atoms with van der Waals surface area (Å²) >= 11 is 0. The van der Waals surface area contributed by atoms with Crippen molar-refractivity contribution in [1.82, 2.24) is 14.8 Å². The summed E-state index contributed by atoms with van der Waals surface area (Å²) in [7, 11) is 0.